The van der Waals surface area contributed by atoms with E-state index in [4.69, 9.17) is 9.47 Å². The number of carbonyl (C=O) groups excluding carboxylic acids is 4. The molecule has 3 heterocycles. The lowest BCUT2D eigenvalue weighted by Gasteiger charge is -2.38. The number of ether oxygens (including phenoxy) is 2. The topological polar surface area (TPSA) is 124 Å². The molecule has 214 valence electrons. The summed E-state index contributed by atoms with van der Waals surface area (Å²) in [7, 11) is 1.51. The van der Waals surface area contributed by atoms with Crippen LogP contribution in [0.2, 0.25) is 0 Å². The van der Waals surface area contributed by atoms with Gasteiger partial charge in [0.25, 0.3) is 5.91 Å². The van der Waals surface area contributed by atoms with Gasteiger partial charge in [-0.2, -0.15) is 0 Å². The van der Waals surface area contributed by atoms with Crippen molar-refractivity contribution in [3.63, 3.8) is 0 Å². The number of rotatable bonds is 9. The molecule has 0 spiro atoms. The first kappa shape index (κ1) is 28.6. The third-order valence-corrected chi connectivity index (χ3v) is 7.54. The monoisotopic (exact) mass is 544 g/mol. The Hall–Kier alpha value is -3.38. The zero-order chi connectivity index (χ0) is 27.8. The van der Waals surface area contributed by atoms with E-state index in [2.05, 4.69) is 22.6 Å². The molecule has 4 rings (SSSR count). The van der Waals surface area contributed by atoms with Gasteiger partial charge in [-0.25, -0.2) is 14.6 Å². The lowest BCUT2D eigenvalue weighted by Crippen LogP contribution is -2.52. The number of piperidine rings is 1. The highest BCUT2D eigenvalue weighted by molar-refractivity contribution is 6.07. The molecule has 0 saturated carbocycles. The number of piperazine rings is 1. The van der Waals surface area contributed by atoms with Crippen LogP contribution < -0.4 is 20.4 Å². The molecule has 3 aliphatic heterocycles. The minimum absolute atomic E-state index is 0.0859. The standard InChI is InChI=1S/C27H40N6O6/c1-3-4-17-39-27(37)29-32-10-7-20(8-11-32)19-30-13-15-31(16-14-30)25(35)21-5-6-23(38-2)22(18-21)33-12-9-24(34)28-26(33)36/h5-6,18,20H,3-4,7-17,19H2,1-2H3,(H,29,37)(H,28,34,36). The summed E-state index contributed by atoms with van der Waals surface area (Å²) in [5.74, 6) is 0.617. The molecule has 2 N–H and O–H groups in total. The molecule has 1 aromatic rings. The van der Waals surface area contributed by atoms with Gasteiger partial charge in [-0.3, -0.25) is 30.1 Å². The van der Waals surface area contributed by atoms with Crippen molar-refractivity contribution in [2.24, 2.45) is 5.92 Å². The first-order valence-electron chi connectivity index (χ1n) is 13.9. The summed E-state index contributed by atoms with van der Waals surface area (Å²) in [6, 6.07) is 4.56. The van der Waals surface area contributed by atoms with Gasteiger partial charge in [-0.1, -0.05) is 13.3 Å². The van der Waals surface area contributed by atoms with Crippen LogP contribution in [-0.4, -0.2) is 105 Å². The van der Waals surface area contributed by atoms with Gasteiger partial charge in [0.1, 0.15) is 5.75 Å². The third-order valence-electron chi connectivity index (χ3n) is 7.54. The lowest BCUT2D eigenvalue weighted by atomic mass is 9.97. The number of benzene rings is 1. The highest BCUT2D eigenvalue weighted by Crippen LogP contribution is 2.31. The van der Waals surface area contributed by atoms with Crippen molar-refractivity contribution in [3.8, 4) is 5.75 Å². The number of methoxy groups -OCH3 is 1. The van der Waals surface area contributed by atoms with Gasteiger partial charge in [-0.15, -0.1) is 0 Å². The van der Waals surface area contributed by atoms with Crippen LogP contribution >= 0.6 is 0 Å². The molecule has 3 saturated heterocycles. The number of carbonyl (C=O) groups is 4. The van der Waals surface area contributed by atoms with Crippen LogP contribution in [0, 0.1) is 5.92 Å². The van der Waals surface area contributed by atoms with E-state index in [1.165, 1.54) is 12.0 Å². The van der Waals surface area contributed by atoms with Crippen molar-refractivity contribution in [2.75, 3.05) is 71.0 Å². The molecule has 0 radical (unpaired) electrons. The average Bonchev–Trinajstić information content (AvgIpc) is 2.94. The second kappa shape index (κ2) is 13.6. The van der Waals surface area contributed by atoms with Gasteiger partial charge in [-0.05, 0) is 43.4 Å². The van der Waals surface area contributed by atoms with Crippen molar-refractivity contribution in [3.05, 3.63) is 23.8 Å². The van der Waals surface area contributed by atoms with E-state index in [0.29, 0.717) is 42.6 Å². The molecule has 0 aliphatic carbocycles. The Morgan fingerprint density at radius 3 is 2.46 bits per heavy atom. The minimum Gasteiger partial charge on any atom is -0.495 e. The van der Waals surface area contributed by atoms with Crippen molar-refractivity contribution in [1.29, 1.82) is 0 Å². The van der Waals surface area contributed by atoms with E-state index in [9.17, 15) is 19.2 Å². The number of nitrogens with zero attached hydrogens (tertiary/aromatic N) is 4. The summed E-state index contributed by atoms with van der Waals surface area (Å²) in [5.41, 5.74) is 3.80. The summed E-state index contributed by atoms with van der Waals surface area (Å²) in [6.45, 7) is 8.17. The third kappa shape index (κ3) is 7.60. The van der Waals surface area contributed by atoms with E-state index < -0.39 is 6.03 Å². The van der Waals surface area contributed by atoms with Crippen molar-refractivity contribution >= 4 is 29.6 Å². The number of urea groups is 1. The Balaban J connectivity index is 1.24. The predicted molar refractivity (Wildman–Crippen MR) is 145 cm³/mol. The van der Waals surface area contributed by atoms with E-state index in [0.717, 1.165) is 58.4 Å². The Kier molecular flexibility index (Phi) is 9.99. The van der Waals surface area contributed by atoms with Crippen LogP contribution in [0.15, 0.2) is 18.2 Å². The van der Waals surface area contributed by atoms with Gasteiger partial charge < -0.3 is 14.4 Å². The summed E-state index contributed by atoms with van der Waals surface area (Å²) in [6.07, 6.45) is 3.68. The zero-order valence-electron chi connectivity index (χ0n) is 22.9. The zero-order valence-corrected chi connectivity index (χ0v) is 22.9. The summed E-state index contributed by atoms with van der Waals surface area (Å²) in [4.78, 5) is 54.8. The van der Waals surface area contributed by atoms with E-state index in [1.54, 1.807) is 18.2 Å². The number of amides is 5. The maximum Gasteiger partial charge on any atom is 0.421 e. The van der Waals surface area contributed by atoms with Crippen LogP contribution in [0.5, 0.6) is 5.75 Å². The number of hydrogen-bond donors (Lipinski definition) is 2. The Morgan fingerprint density at radius 1 is 1.05 bits per heavy atom. The van der Waals surface area contributed by atoms with Gasteiger partial charge in [0, 0.05) is 64.3 Å². The number of hydrogen-bond acceptors (Lipinski definition) is 8. The maximum absolute atomic E-state index is 13.3. The van der Waals surface area contributed by atoms with E-state index in [-0.39, 0.29) is 30.9 Å². The molecule has 3 fully saturated rings. The smallest absolute Gasteiger partial charge is 0.421 e. The fourth-order valence-corrected chi connectivity index (χ4v) is 5.21. The first-order valence-corrected chi connectivity index (χ1v) is 13.9. The molecule has 39 heavy (non-hydrogen) atoms. The SMILES string of the molecule is CCCCOC(=O)NN1CCC(CN2CCN(C(=O)c3ccc(OC)c(N4CCC(=O)NC4=O)c3)CC2)CC1. The van der Waals surface area contributed by atoms with Crippen molar-refractivity contribution in [1.82, 2.24) is 25.6 Å². The van der Waals surface area contributed by atoms with Crippen molar-refractivity contribution in [2.45, 2.75) is 39.0 Å². The Bertz CT molecular complexity index is 1040. The second-order valence-electron chi connectivity index (χ2n) is 10.3. The van der Waals surface area contributed by atoms with Crippen LogP contribution in [0.3, 0.4) is 0 Å². The number of unbranched alkanes of at least 4 members (excludes halogenated alkanes) is 1. The molecule has 0 aromatic heterocycles. The number of anilines is 1. The number of imide groups is 1. The summed E-state index contributed by atoms with van der Waals surface area (Å²) in [5, 5.41) is 4.25. The van der Waals surface area contributed by atoms with Gasteiger partial charge in [0.15, 0.2) is 0 Å². The molecular formula is C27H40N6O6. The predicted octanol–water partition coefficient (Wildman–Crippen LogP) is 2.05. The highest BCUT2D eigenvalue weighted by Gasteiger charge is 2.30. The molecule has 1 aromatic carbocycles. The lowest BCUT2D eigenvalue weighted by molar-refractivity contribution is -0.120. The second-order valence-corrected chi connectivity index (χ2v) is 10.3. The summed E-state index contributed by atoms with van der Waals surface area (Å²) >= 11 is 0. The fraction of sp³-hybridized carbons (Fsp3) is 0.630. The molecule has 12 nitrogen and oxygen atoms in total. The van der Waals surface area contributed by atoms with E-state index in [1.807, 2.05) is 9.91 Å². The Labute approximate surface area is 229 Å². The van der Waals surface area contributed by atoms with Crippen LogP contribution in [0.1, 0.15) is 49.4 Å². The maximum atomic E-state index is 13.3. The molecule has 5 amide bonds. The first-order chi connectivity index (χ1) is 18.9. The van der Waals surface area contributed by atoms with Crippen LogP contribution in [0.25, 0.3) is 0 Å². The minimum atomic E-state index is -0.517. The summed E-state index contributed by atoms with van der Waals surface area (Å²) < 4.78 is 10.6. The van der Waals surface area contributed by atoms with Gasteiger partial charge in [0.05, 0.1) is 19.4 Å². The fourth-order valence-electron chi connectivity index (χ4n) is 5.21. The Morgan fingerprint density at radius 2 is 1.79 bits per heavy atom. The molecule has 12 heteroatoms. The molecular weight excluding hydrogens is 504 g/mol. The van der Waals surface area contributed by atoms with Crippen LogP contribution in [-0.2, 0) is 9.53 Å². The number of hydrazine groups is 1. The molecule has 0 bridgehead atoms. The number of nitrogens with one attached hydrogen (secondary N) is 2. The normalized spacial score (nSPS) is 19.5. The van der Waals surface area contributed by atoms with E-state index >= 15 is 0 Å². The molecule has 3 aliphatic rings. The van der Waals surface area contributed by atoms with Gasteiger partial charge in [0.2, 0.25) is 5.91 Å². The highest BCUT2D eigenvalue weighted by atomic mass is 16.6. The quantitative estimate of drug-likeness (QED) is 0.453. The van der Waals surface area contributed by atoms with Crippen LogP contribution in [0.4, 0.5) is 15.3 Å². The average molecular weight is 545 g/mol. The molecule has 0 unspecified atom stereocenters. The largest absolute Gasteiger partial charge is 0.495 e. The molecule has 0 atom stereocenters. The van der Waals surface area contributed by atoms with Gasteiger partial charge >= 0.3 is 12.1 Å². The van der Waals surface area contributed by atoms with Crippen molar-refractivity contribution < 1.29 is 28.7 Å².